The van der Waals surface area contributed by atoms with Crippen molar-refractivity contribution in [3.8, 4) is 5.75 Å². The first-order valence-corrected chi connectivity index (χ1v) is 9.81. The van der Waals surface area contributed by atoms with E-state index in [-0.39, 0.29) is 23.0 Å². The number of benzene rings is 3. The van der Waals surface area contributed by atoms with E-state index in [2.05, 4.69) is 22.1 Å². The molecule has 0 aliphatic rings. The number of aromatic hydroxyl groups is 1. The molecule has 0 saturated carbocycles. The molecule has 2 N–H and O–H groups in total. The van der Waals surface area contributed by atoms with Crippen LogP contribution in [-0.2, 0) is 11.2 Å². The van der Waals surface area contributed by atoms with E-state index in [4.69, 9.17) is 0 Å². The lowest BCUT2D eigenvalue weighted by Crippen LogP contribution is -2.25. The van der Waals surface area contributed by atoms with E-state index >= 15 is 0 Å². The number of hydrogen-bond acceptors (Lipinski definition) is 5. The van der Waals surface area contributed by atoms with Crippen LogP contribution in [0, 0.1) is 0 Å². The highest BCUT2D eigenvalue weighted by Crippen LogP contribution is 2.27. The molecule has 0 spiro atoms. The maximum atomic E-state index is 12.6. The molecule has 3 aromatic carbocycles. The molecule has 0 bridgehead atoms. The van der Waals surface area contributed by atoms with Crippen LogP contribution in [0.1, 0.15) is 28.4 Å². The number of nitrogens with zero attached hydrogens (tertiary/aromatic N) is 2. The summed E-state index contributed by atoms with van der Waals surface area (Å²) in [6.45, 7) is 5.80. The van der Waals surface area contributed by atoms with E-state index in [1.165, 1.54) is 12.1 Å². The number of rotatable bonds is 8. The summed E-state index contributed by atoms with van der Waals surface area (Å²) in [6, 6.07) is 20.8. The Bertz CT molecular complexity index is 1120. The van der Waals surface area contributed by atoms with Crippen molar-refractivity contribution in [2.24, 2.45) is 10.2 Å². The van der Waals surface area contributed by atoms with Crippen LogP contribution in [-0.4, -0.2) is 23.3 Å². The lowest BCUT2D eigenvalue weighted by Gasteiger charge is -2.05. The van der Waals surface area contributed by atoms with Gasteiger partial charge in [-0.1, -0.05) is 49.0 Å². The first-order chi connectivity index (χ1) is 14.9. The Hall–Kier alpha value is -4.06. The molecule has 0 saturated heterocycles. The molecule has 0 radical (unpaired) electrons. The fourth-order valence-electron chi connectivity index (χ4n) is 2.83. The summed E-state index contributed by atoms with van der Waals surface area (Å²) in [5.41, 5.74) is 3.32. The molecule has 0 aromatic heterocycles. The second-order valence-corrected chi connectivity index (χ2v) is 7.05. The smallest absolute Gasteiger partial charge is 0.246 e. The lowest BCUT2D eigenvalue weighted by molar-refractivity contribution is -0.117. The molecule has 6 heteroatoms. The van der Waals surface area contributed by atoms with Gasteiger partial charge in [0, 0.05) is 17.7 Å². The average Bonchev–Trinajstić information content (AvgIpc) is 2.79. The molecule has 6 nitrogen and oxygen atoms in total. The fourth-order valence-corrected chi connectivity index (χ4v) is 2.83. The third-order valence-electron chi connectivity index (χ3n) is 4.56. The van der Waals surface area contributed by atoms with Crippen LogP contribution in [0.25, 0.3) is 0 Å². The van der Waals surface area contributed by atoms with Crippen LogP contribution in [0.3, 0.4) is 0 Å². The maximum absolute atomic E-state index is 12.6. The summed E-state index contributed by atoms with van der Waals surface area (Å²) < 4.78 is 0. The second-order valence-electron chi connectivity index (χ2n) is 7.05. The van der Waals surface area contributed by atoms with Crippen LogP contribution >= 0.6 is 0 Å². The molecule has 31 heavy (non-hydrogen) atoms. The van der Waals surface area contributed by atoms with Gasteiger partial charge in [0.1, 0.15) is 5.75 Å². The minimum atomic E-state index is -0.279. The Morgan fingerprint density at radius 3 is 2.26 bits per heavy atom. The monoisotopic (exact) mass is 413 g/mol. The normalized spacial score (nSPS) is 10.7. The van der Waals surface area contributed by atoms with Gasteiger partial charge in [0.15, 0.2) is 5.78 Å². The molecular formula is C25H23N3O3. The number of hydrogen-bond donors (Lipinski definition) is 2. The Kier molecular flexibility index (Phi) is 7.06. The molecular weight excluding hydrogens is 390 g/mol. The third-order valence-corrected chi connectivity index (χ3v) is 4.56. The molecule has 3 rings (SSSR count). The highest BCUT2D eigenvalue weighted by molar-refractivity contribution is 6.11. The third kappa shape index (κ3) is 5.96. The average molecular weight is 413 g/mol. The molecule has 0 unspecified atom stereocenters. The molecule has 0 heterocycles. The van der Waals surface area contributed by atoms with Crippen molar-refractivity contribution in [3.05, 3.63) is 102 Å². The Morgan fingerprint density at radius 2 is 1.58 bits per heavy atom. The van der Waals surface area contributed by atoms with Crippen molar-refractivity contribution < 1.29 is 14.7 Å². The molecule has 0 fully saturated rings. The number of azo groups is 1. The molecule has 3 aromatic rings. The zero-order valence-corrected chi connectivity index (χ0v) is 17.2. The first kappa shape index (κ1) is 21.6. The van der Waals surface area contributed by atoms with Gasteiger partial charge in [0.25, 0.3) is 0 Å². The minimum Gasteiger partial charge on any atom is -0.507 e. The van der Waals surface area contributed by atoms with E-state index in [0.29, 0.717) is 35.5 Å². The zero-order valence-electron chi connectivity index (χ0n) is 17.2. The second kappa shape index (κ2) is 10.1. The van der Waals surface area contributed by atoms with Crippen molar-refractivity contribution in [1.82, 2.24) is 5.32 Å². The molecule has 0 aliphatic carbocycles. The van der Waals surface area contributed by atoms with E-state index in [0.717, 1.165) is 5.56 Å². The van der Waals surface area contributed by atoms with Crippen LogP contribution in [0.5, 0.6) is 5.75 Å². The molecule has 1 amide bonds. The van der Waals surface area contributed by atoms with Gasteiger partial charge in [-0.25, -0.2) is 0 Å². The van der Waals surface area contributed by atoms with E-state index < -0.39 is 0 Å². The first-order valence-electron chi connectivity index (χ1n) is 9.81. The number of carbonyl (C=O) groups excluding carboxylic acids is 2. The number of phenolic OH excluding ortho intramolecular Hbond substituents is 1. The van der Waals surface area contributed by atoms with Gasteiger partial charge in [-0.3, -0.25) is 9.59 Å². The van der Waals surface area contributed by atoms with Crippen molar-refractivity contribution in [1.29, 1.82) is 0 Å². The summed E-state index contributed by atoms with van der Waals surface area (Å²) in [4.78, 5) is 24.1. The van der Waals surface area contributed by atoms with Gasteiger partial charge in [-0.05, 0) is 49.2 Å². The van der Waals surface area contributed by atoms with Crippen LogP contribution < -0.4 is 5.32 Å². The number of nitrogens with one attached hydrogen (secondary N) is 1. The summed E-state index contributed by atoms with van der Waals surface area (Å²) in [5, 5.41) is 21.3. The van der Waals surface area contributed by atoms with Gasteiger partial charge in [-0.2, -0.15) is 10.2 Å². The zero-order chi connectivity index (χ0) is 22.2. The highest BCUT2D eigenvalue weighted by atomic mass is 16.3. The van der Waals surface area contributed by atoms with E-state index in [9.17, 15) is 14.7 Å². The quantitative estimate of drug-likeness (QED) is 0.299. The number of ketones is 1. The molecule has 0 atom stereocenters. The Morgan fingerprint density at radius 1 is 0.935 bits per heavy atom. The summed E-state index contributed by atoms with van der Waals surface area (Å²) in [6.07, 6.45) is 0.694. The molecule has 156 valence electrons. The van der Waals surface area contributed by atoms with E-state index in [1.807, 2.05) is 30.3 Å². The number of carbonyl (C=O) groups is 2. The van der Waals surface area contributed by atoms with E-state index in [1.54, 1.807) is 37.3 Å². The lowest BCUT2D eigenvalue weighted by atomic mass is 10.0. The van der Waals surface area contributed by atoms with Crippen LogP contribution in [0.4, 0.5) is 11.4 Å². The SMILES string of the molecule is C=C(C)C(=O)NCCc1ccc(/N=N/c2ccc(O)c(C(=O)c3ccccc3)c2)cc1. The number of amides is 1. The highest BCUT2D eigenvalue weighted by Gasteiger charge is 2.14. The van der Waals surface area contributed by atoms with Gasteiger partial charge in [0.2, 0.25) is 5.91 Å². The van der Waals surface area contributed by atoms with Crippen LogP contribution in [0.2, 0.25) is 0 Å². The van der Waals surface area contributed by atoms with Gasteiger partial charge >= 0.3 is 0 Å². The Balaban J connectivity index is 1.66. The number of phenols is 1. The van der Waals surface area contributed by atoms with Crippen molar-refractivity contribution in [3.63, 3.8) is 0 Å². The largest absolute Gasteiger partial charge is 0.507 e. The Labute approximate surface area is 181 Å². The van der Waals surface area contributed by atoms with Crippen LogP contribution in [0.15, 0.2) is 95.2 Å². The predicted octanol–water partition coefficient (Wildman–Crippen LogP) is 5.27. The minimum absolute atomic E-state index is 0.101. The van der Waals surface area contributed by atoms with Gasteiger partial charge < -0.3 is 10.4 Å². The summed E-state index contributed by atoms with van der Waals surface area (Å²) in [5.74, 6) is -0.529. The predicted molar refractivity (Wildman–Crippen MR) is 120 cm³/mol. The van der Waals surface area contributed by atoms with Crippen molar-refractivity contribution in [2.75, 3.05) is 6.54 Å². The maximum Gasteiger partial charge on any atom is 0.246 e. The fraction of sp³-hybridized carbons (Fsp3) is 0.120. The van der Waals surface area contributed by atoms with Crippen molar-refractivity contribution in [2.45, 2.75) is 13.3 Å². The topological polar surface area (TPSA) is 91.1 Å². The van der Waals surface area contributed by atoms with Gasteiger partial charge in [-0.15, -0.1) is 0 Å². The summed E-state index contributed by atoms with van der Waals surface area (Å²) in [7, 11) is 0. The van der Waals surface area contributed by atoms with Crippen molar-refractivity contribution >= 4 is 23.1 Å². The van der Waals surface area contributed by atoms with Gasteiger partial charge in [0.05, 0.1) is 16.9 Å². The summed E-state index contributed by atoms with van der Waals surface area (Å²) >= 11 is 0. The standard InChI is InChI=1S/C25H23N3O3/c1-17(2)25(31)26-15-14-18-8-10-20(11-9-18)27-28-21-12-13-23(29)22(16-21)24(30)19-6-4-3-5-7-19/h3-13,16,29H,1,14-15H2,2H3,(H,26,31)/b28-27+. The molecule has 0 aliphatic heterocycles.